The summed E-state index contributed by atoms with van der Waals surface area (Å²) in [6.45, 7) is -7.22. The highest BCUT2D eigenvalue weighted by molar-refractivity contribution is 5.65. The SMILES string of the molecule is O=C(O)N(CCCCCCN(CC(F)(F)C(F)(F)C(F)(F)C(F)(F)C(F)(F)C(F)(F)C(F)(F)F)C(=O)O)CC(F)(F)F. The lowest BCUT2D eigenvalue weighted by Gasteiger charge is -2.42. The molecule has 0 rings (SSSR count). The Hall–Kier alpha value is -2.72. The van der Waals surface area contributed by atoms with Gasteiger partial charge in [0.05, 0.1) is 6.54 Å². The molecular weight excluding hydrogens is 650 g/mol. The minimum absolute atomic E-state index is 0.101. The predicted octanol–water partition coefficient (Wildman–Crippen LogP) is 7.44. The number of unbranched alkanes of at least 4 members (excludes halogenated alkanes) is 3. The summed E-state index contributed by atoms with van der Waals surface area (Å²) in [5.74, 6) is -48.2. The van der Waals surface area contributed by atoms with E-state index in [0.29, 0.717) is 0 Å². The monoisotopic (exact) mass is 668 g/mol. The first kappa shape index (κ1) is 39.3. The summed E-state index contributed by atoms with van der Waals surface area (Å²) in [6, 6.07) is 0. The van der Waals surface area contributed by atoms with E-state index in [1.54, 1.807) is 0 Å². The lowest BCUT2D eigenvalue weighted by molar-refractivity contribution is -0.452. The third-order valence-electron chi connectivity index (χ3n) is 5.30. The molecule has 0 aliphatic rings. The van der Waals surface area contributed by atoms with Gasteiger partial charge in [-0.15, -0.1) is 0 Å². The van der Waals surface area contributed by atoms with Gasteiger partial charge in [0, 0.05) is 13.1 Å². The van der Waals surface area contributed by atoms with Gasteiger partial charge in [-0.05, 0) is 12.8 Å². The number of amides is 2. The Labute approximate surface area is 221 Å². The van der Waals surface area contributed by atoms with Gasteiger partial charge in [0.25, 0.3) is 0 Å². The minimum atomic E-state index is -8.52. The summed E-state index contributed by atoms with van der Waals surface area (Å²) in [7, 11) is 0. The Morgan fingerprint density at radius 3 is 1.07 bits per heavy atom. The number of hydrogen-bond acceptors (Lipinski definition) is 2. The van der Waals surface area contributed by atoms with E-state index >= 15 is 0 Å². The first-order valence-electron chi connectivity index (χ1n) is 10.7. The van der Waals surface area contributed by atoms with Crippen LogP contribution in [-0.2, 0) is 0 Å². The first-order chi connectivity index (χ1) is 18.3. The highest BCUT2D eigenvalue weighted by Crippen LogP contribution is 2.62. The molecule has 42 heavy (non-hydrogen) atoms. The van der Waals surface area contributed by atoms with Gasteiger partial charge in [-0.25, -0.2) is 9.59 Å². The molecule has 2 amide bonds. The Morgan fingerprint density at radius 1 is 0.452 bits per heavy atom. The van der Waals surface area contributed by atoms with E-state index in [1.165, 1.54) is 0 Å². The average molecular weight is 668 g/mol. The Morgan fingerprint density at radius 2 is 0.762 bits per heavy atom. The van der Waals surface area contributed by atoms with E-state index in [9.17, 15) is 88.6 Å². The summed E-state index contributed by atoms with van der Waals surface area (Å²) in [5.41, 5.74) is 0. The lowest BCUT2D eigenvalue weighted by atomic mass is 9.91. The van der Waals surface area contributed by atoms with Crippen molar-refractivity contribution >= 4 is 12.2 Å². The summed E-state index contributed by atoms with van der Waals surface area (Å²) in [5, 5.41) is 17.5. The van der Waals surface area contributed by atoms with Crippen molar-refractivity contribution in [2.75, 3.05) is 26.2 Å². The van der Waals surface area contributed by atoms with E-state index in [0.717, 1.165) is 0 Å². The van der Waals surface area contributed by atoms with Crippen LogP contribution in [0, 0.1) is 0 Å². The summed E-state index contributed by atoms with van der Waals surface area (Å²) < 4.78 is 236. The van der Waals surface area contributed by atoms with Crippen LogP contribution in [0.25, 0.3) is 0 Å². The molecule has 0 saturated heterocycles. The Kier molecular flexibility index (Phi) is 11.7. The topological polar surface area (TPSA) is 81.1 Å². The van der Waals surface area contributed by atoms with E-state index in [-0.39, 0.29) is 17.7 Å². The van der Waals surface area contributed by atoms with Crippen LogP contribution in [0.4, 0.5) is 88.6 Å². The fraction of sp³-hybridized carbons (Fsp3) is 0.889. The van der Waals surface area contributed by atoms with E-state index in [4.69, 9.17) is 10.2 Å². The highest BCUT2D eigenvalue weighted by atomic mass is 19.4. The van der Waals surface area contributed by atoms with Gasteiger partial charge in [-0.3, -0.25) is 4.90 Å². The molecular formula is C18H18F18N2O4. The lowest BCUT2D eigenvalue weighted by Crippen LogP contribution is -2.73. The molecule has 0 aromatic rings. The molecule has 0 radical (unpaired) electrons. The van der Waals surface area contributed by atoms with Crippen LogP contribution >= 0.6 is 0 Å². The Balaban J connectivity index is 5.68. The molecule has 6 nitrogen and oxygen atoms in total. The number of hydrogen-bond donors (Lipinski definition) is 2. The van der Waals surface area contributed by atoms with Crippen LogP contribution < -0.4 is 0 Å². The van der Waals surface area contributed by atoms with Gasteiger partial charge >= 0.3 is 60.1 Å². The normalized spacial score (nSPS) is 14.6. The van der Waals surface area contributed by atoms with Gasteiger partial charge in [0.1, 0.15) is 6.54 Å². The summed E-state index contributed by atoms with van der Waals surface area (Å²) in [6.07, 6.45) is -19.1. The summed E-state index contributed by atoms with van der Waals surface area (Å²) in [4.78, 5) is 20.8. The van der Waals surface area contributed by atoms with Crippen molar-refractivity contribution < 1.29 is 98.8 Å². The molecule has 0 aliphatic carbocycles. The number of nitrogens with zero attached hydrogens (tertiary/aromatic N) is 2. The van der Waals surface area contributed by atoms with Crippen molar-refractivity contribution in [3.63, 3.8) is 0 Å². The van der Waals surface area contributed by atoms with Gasteiger partial charge in [-0.1, -0.05) is 12.8 Å². The zero-order valence-corrected chi connectivity index (χ0v) is 20.1. The van der Waals surface area contributed by atoms with Crippen LogP contribution in [0.15, 0.2) is 0 Å². The average Bonchev–Trinajstić information content (AvgIpc) is 2.77. The highest BCUT2D eigenvalue weighted by Gasteiger charge is 2.93. The van der Waals surface area contributed by atoms with Gasteiger partial charge < -0.3 is 15.1 Å². The third-order valence-corrected chi connectivity index (χ3v) is 5.30. The van der Waals surface area contributed by atoms with Crippen LogP contribution in [0.2, 0.25) is 0 Å². The van der Waals surface area contributed by atoms with Gasteiger partial charge in [0.2, 0.25) is 0 Å². The second kappa shape index (κ2) is 12.5. The van der Waals surface area contributed by atoms with Gasteiger partial charge in [-0.2, -0.15) is 79.0 Å². The van der Waals surface area contributed by atoms with Crippen LogP contribution in [0.3, 0.4) is 0 Å². The molecule has 0 bridgehead atoms. The van der Waals surface area contributed by atoms with E-state index in [2.05, 4.69) is 0 Å². The third kappa shape index (κ3) is 8.01. The minimum Gasteiger partial charge on any atom is -0.465 e. The predicted molar refractivity (Wildman–Crippen MR) is 99.5 cm³/mol. The molecule has 0 heterocycles. The molecule has 0 aromatic carbocycles. The maximum atomic E-state index is 14.0. The van der Waals surface area contributed by atoms with E-state index in [1.807, 2.05) is 0 Å². The zero-order chi connectivity index (χ0) is 34.0. The molecule has 2 N–H and O–H groups in total. The van der Waals surface area contributed by atoms with Crippen molar-refractivity contribution in [1.29, 1.82) is 0 Å². The number of rotatable bonds is 15. The van der Waals surface area contributed by atoms with Crippen LogP contribution in [0.1, 0.15) is 25.7 Å². The quantitative estimate of drug-likeness (QED) is 0.141. The standard InChI is InChI=1S/C18H18F18N2O4/c19-11(20,13(24,25)14(26,27)15(28,29)16(30,31)17(32,33)18(34,35)36)7-37(9(39)40)5-3-1-2-4-6-38(10(41)42)8-12(21,22)23/h1-8H2,(H,39,40)(H,41,42). The number of halogens is 18. The fourth-order valence-electron chi connectivity index (χ4n) is 3.00. The molecule has 24 heteroatoms. The van der Waals surface area contributed by atoms with Crippen molar-refractivity contribution in [3.8, 4) is 0 Å². The molecule has 0 atom stereocenters. The second-order valence-corrected chi connectivity index (χ2v) is 8.51. The molecule has 250 valence electrons. The molecule has 0 fully saturated rings. The smallest absolute Gasteiger partial charge is 0.460 e. The van der Waals surface area contributed by atoms with Crippen LogP contribution in [-0.4, -0.2) is 106 Å². The van der Waals surface area contributed by atoms with Crippen LogP contribution in [0.5, 0.6) is 0 Å². The van der Waals surface area contributed by atoms with Crippen molar-refractivity contribution in [2.45, 2.75) is 73.6 Å². The second-order valence-electron chi connectivity index (χ2n) is 8.51. The molecule has 0 spiro atoms. The number of carboxylic acid groups (broad SMARTS) is 2. The largest absolute Gasteiger partial charge is 0.465 e. The number of carbonyl (C=O) groups is 2. The van der Waals surface area contributed by atoms with Crippen molar-refractivity contribution in [2.24, 2.45) is 0 Å². The van der Waals surface area contributed by atoms with E-state index < -0.39 is 104 Å². The molecule has 0 aromatic heterocycles. The number of alkyl halides is 18. The Bertz CT molecular complexity index is 934. The summed E-state index contributed by atoms with van der Waals surface area (Å²) >= 11 is 0. The zero-order valence-electron chi connectivity index (χ0n) is 20.1. The van der Waals surface area contributed by atoms with Gasteiger partial charge in [0.15, 0.2) is 0 Å². The molecule has 0 unspecified atom stereocenters. The van der Waals surface area contributed by atoms with Crippen molar-refractivity contribution in [1.82, 2.24) is 9.80 Å². The van der Waals surface area contributed by atoms with Crippen molar-refractivity contribution in [3.05, 3.63) is 0 Å². The first-order valence-corrected chi connectivity index (χ1v) is 10.7. The maximum absolute atomic E-state index is 14.0. The molecule has 0 aliphatic heterocycles. The fourth-order valence-corrected chi connectivity index (χ4v) is 3.00. The maximum Gasteiger partial charge on any atom is 0.460 e. The molecule has 0 saturated carbocycles.